The van der Waals surface area contributed by atoms with Gasteiger partial charge in [0.15, 0.2) is 0 Å². The van der Waals surface area contributed by atoms with Crippen LogP contribution in [0.1, 0.15) is 49.5 Å². The van der Waals surface area contributed by atoms with Crippen molar-refractivity contribution in [2.45, 2.75) is 51.3 Å². The van der Waals surface area contributed by atoms with Crippen LogP contribution < -0.4 is 11.1 Å². The number of nitrogens with one attached hydrogen (secondary N) is 1. The van der Waals surface area contributed by atoms with Crippen molar-refractivity contribution in [3.8, 4) is 11.1 Å². The number of hydrogen-bond acceptors (Lipinski definition) is 5. The Hall–Kier alpha value is -2.70. The van der Waals surface area contributed by atoms with Gasteiger partial charge in [0.1, 0.15) is 5.60 Å². The highest BCUT2D eigenvalue weighted by molar-refractivity contribution is 5.97. The first-order valence-electron chi connectivity index (χ1n) is 10.2. The Bertz CT molecular complexity index is 894. The molecule has 1 saturated heterocycles. The lowest BCUT2D eigenvalue weighted by atomic mass is 9.90. The van der Waals surface area contributed by atoms with Gasteiger partial charge in [-0.3, -0.25) is 4.79 Å². The van der Waals surface area contributed by atoms with Gasteiger partial charge in [0, 0.05) is 19.8 Å². The van der Waals surface area contributed by atoms with Crippen molar-refractivity contribution in [3.05, 3.63) is 59.7 Å². The molecule has 0 aliphatic carbocycles. The molecule has 1 aliphatic rings. The van der Waals surface area contributed by atoms with E-state index in [9.17, 15) is 9.59 Å². The van der Waals surface area contributed by atoms with Gasteiger partial charge in [-0.1, -0.05) is 42.5 Å². The Morgan fingerprint density at radius 3 is 2.33 bits per heavy atom. The molecule has 0 spiro atoms. The molecule has 1 amide bonds. The molecule has 0 saturated carbocycles. The Kier molecular flexibility index (Phi) is 6.58. The van der Waals surface area contributed by atoms with Crippen molar-refractivity contribution in [2.24, 2.45) is 5.73 Å². The molecule has 2 aromatic carbocycles. The molecule has 6 heteroatoms. The van der Waals surface area contributed by atoms with Crippen LogP contribution in [0.4, 0.5) is 0 Å². The highest BCUT2D eigenvalue weighted by atomic mass is 16.6. The third-order valence-electron chi connectivity index (χ3n) is 5.10. The van der Waals surface area contributed by atoms with E-state index in [0.717, 1.165) is 16.7 Å². The van der Waals surface area contributed by atoms with E-state index in [0.29, 0.717) is 38.2 Å². The van der Waals surface area contributed by atoms with Gasteiger partial charge in [-0.15, -0.1) is 0 Å². The molecule has 0 unspecified atom stereocenters. The van der Waals surface area contributed by atoms with E-state index in [-0.39, 0.29) is 11.9 Å². The summed E-state index contributed by atoms with van der Waals surface area (Å²) in [5, 5.41) is 2.93. The van der Waals surface area contributed by atoms with Gasteiger partial charge < -0.3 is 20.5 Å². The van der Waals surface area contributed by atoms with Crippen molar-refractivity contribution in [1.29, 1.82) is 0 Å². The maximum absolute atomic E-state index is 12.6. The molecule has 0 bridgehead atoms. The molecule has 0 atom stereocenters. The maximum atomic E-state index is 12.6. The van der Waals surface area contributed by atoms with Crippen LogP contribution in [0.15, 0.2) is 48.5 Å². The van der Waals surface area contributed by atoms with Crippen LogP contribution in [-0.2, 0) is 20.8 Å². The summed E-state index contributed by atoms with van der Waals surface area (Å²) in [4.78, 5) is 25.1. The summed E-state index contributed by atoms with van der Waals surface area (Å²) in [6, 6.07) is 15.2. The summed E-state index contributed by atoms with van der Waals surface area (Å²) in [6.07, 6.45) is 1.05. The van der Waals surface area contributed by atoms with Gasteiger partial charge in [-0.25, -0.2) is 4.79 Å². The van der Waals surface area contributed by atoms with Crippen LogP contribution in [0.3, 0.4) is 0 Å². The van der Waals surface area contributed by atoms with Gasteiger partial charge in [-0.05, 0) is 56.4 Å². The number of hydrogen-bond donors (Lipinski definition) is 2. The molecule has 160 valence electrons. The Labute approximate surface area is 177 Å². The Morgan fingerprint density at radius 1 is 1.07 bits per heavy atom. The molecule has 3 rings (SSSR count). The zero-order valence-electron chi connectivity index (χ0n) is 17.9. The fourth-order valence-electron chi connectivity index (χ4n) is 3.37. The third kappa shape index (κ3) is 5.46. The van der Waals surface area contributed by atoms with Gasteiger partial charge in [0.05, 0.1) is 11.1 Å². The topological polar surface area (TPSA) is 90.7 Å². The average Bonchev–Trinajstić information content (AvgIpc) is 2.71. The van der Waals surface area contributed by atoms with Gasteiger partial charge >= 0.3 is 5.97 Å². The lowest BCUT2D eigenvalue weighted by Gasteiger charge is -2.31. The van der Waals surface area contributed by atoms with E-state index in [1.807, 2.05) is 63.2 Å². The molecule has 1 heterocycles. The molecule has 1 aliphatic heterocycles. The molecule has 3 N–H and O–H groups in total. The summed E-state index contributed by atoms with van der Waals surface area (Å²) < 4.78 is 10.8. The smallest absolute Gasteiger partial charge is 0.339 e. The standard InChI is InChI=1S/C24H30N2O4/c1-23(2,3)30-21(27)20-7-5-4-6-19(20)18-10-8-17(9-11-18)16-26-22(28)24(25)12-14-29-15-13-24/h4-11H,12-16,25H2,1-3H3,(H,26,28). The second kappa shape index (κ2) is 8.98. The first-order valence-corrected chi connectivity index (χ1v) is 10.2. The molecule has 2 aromatic rings. The predicted molar refractivity (Wildman–Crippen MR) is 116 cm³/mol. The SMILES string of the molecule is CC(C)(C)OC(=O)c1ccccc1-c1ccc(CNC(=O)C2(N)CCOCC2)cc1. The Balaban J connectivity index is 1.69. The summed E-state index contributed by atoms with van der Waals surface area (Å²) in [6.45, 7) is 6.96. The molecular formula is C24H30N2O4. The van der Waals surface area contributed by atoms with Crippen LogP contribution in [0.25, 0.3) is 11.1 Å². The van der Waals surface area contributed by atoms with E-state index >= 15 is 0 Å². The largest absolute Gasteiger partial charge is 0.456 e. The minimum Gasteiger partial charge on any atom is -0.456 e. The summed E-state index contributed by atoms with van der Waals surface area (Å²) in [5.41, 5.74) is 8.01. The van der Waals surface area contributed by atoms with Crippen LogP contribution in [-0.4, -0.2) is 36.2 Å². The van der Waals surface area contributed by atoms with Crippen molar-refractivity contribution < 1.29 is 19.1 Å². The van der Waals surface area contributed by atoms with E-state index in [2.05, 4.69) is 5.32 Å². The third-order valence-corrected chi connectivity index (χ3v) is 5.10. The number of carbonyl (C=O) groups excluding carboxylic acids is 2. The normalized spacial score (nSPS) is 16.0. The predicted octanol–water partition coefficient (Wildman–Crippen LogP) is 3.43. The zero-order chi connectivity index (χ0) is 21.8. The van der Waals surface area contributed by atoms with E-state index < -0.39 is 11.1 Å². The van der Waals surface area contributed by atoms with E-state index in [4.69, 9.17) is 15.2 Å². The summed E-state index contributed by atoms with van der Waals surface area (Å²) in [5.74, 6) is -0.496. The van der Waals surface area contributed by atoms with Crippen molar-refractivity contribution in [1.82, 2.24) is 5.32 Å². The number of ether oxygens (including phenoxy) is 2. The fraction of sp³-hybridized carbons (Fsp3) is 0.417. The number of benzene rings is 2. The van der Waals surface area contributed by atoms with Crippen LogP contribution in [0, 0.1) is 0 Å². The first kappa shape index (κ1) is 22.0. The fourth-order valence-corrected chi connectivity index (χ4v) is 3.37. The summed E-state index contributed by atoms with van der Waals surface area (Å²) >= 11 is 0. The minimum absolute atomic E-state index is 0.148. The van der Waals surface area contributed by atoms with Crippen molar-refractivity contribution in [2.75, 3.05) is 13.2 Å². The molecule has 0 radical (unpaired) electrons. The van der Waals surface area contributed by atoms with Crippen LogP contribution in [0.2, 0.25) is 0 Å². The first-order chi connectivity index (χ1) is 14.2. The monoisotopic (exact) mass is 410 g/mol. The van der Waals surface area contributed by atoms with Gasteiger partial charge in [0.25, 0.3) is 0 Å². The quantitative estimate of drug-likeness (QED) is 0.737. The average molecular weight is 411 g/mol. The number of esters is 1. The maximum Gasteiger partial charge on any atom is 0.339 e. The highest BCUT2D eigenvalue weighted by Crippen LogP contribution is 2.26. The summed E-state index contributed by atoms with van der Waals surface area (Å²) in [7, 11) is 0. The lowest BCUT2D eigenvalue weighted by Crippen LogP contribution is -2.56. The minimum atomic E-state index is -0.857. The molecular weight excluding hydrogens is 380 g/mol. The van der Waals surface area contributed by atoms with Gasteiger partial charge in [0.2, 0.25) is 5.91 Å². The van der Waals surface area contributed by atoms with Crippen molar-refractivity contribution >= 4 is 11.9 Å². The van der Waals surface area contributed by atoms with E-state index in [1.54, 1.807) is 6.07 Å². The molecule has 1 fully saturated rings. The molecule has 6 nitrogen and oxygen atoms in total. The highest BCUT2D eigenvalue weighted by Gasteiger charge is 2.35. The number of carbonyl (C=O) groups is 2. The second-order valence-corrected chi connectivity index (χ2v) is 8.70. The van der Waals surface area contributed by atoms with E-state index in [1.165, 1.54) is 0 Å². The zero-order valence-corrected chi connectivity index (χ0v) is 17.9. The number of nitrogens with two attached hydrogens (primary N) is 1. The Morgan fingerprint density at radius 2 is 1.70 bits per heavy atom. The molecule has 0 aromatic heterocycles. The van der Waals surface area contributed by atoms with Crippen LogP contribution in [0.5, 0.6) is 0 Å². The van der Waals surface area contributed by atoms with Crippen LogP contribution >= 0.6 is 0 Å². The lowest BCUT2D eigenvalue weighted by molar-refractivity contribution is -0.129. The molecule has 30 heavy (non-hydrogen) atoms. The number of amides is 1. The van der Waals surface area contributed by atoms with Gasteiger partial charge in [-0.2, -0.15) is 0 Å². The second-order valence-electron chi connectivity index (χ2n) is 8.70. The number of rotatable bonds is 5. The van der Waals surface area contributed by atoms with Crippen molar-refractivity contribution in [3.63, 3.8) is 0 Å².